The van der Waals surface area contributed by atoms with E-state index in [1.807, 2.05) is 60.4 Å². The monoisotopic (exact) mass is 442 g/mol. The molecule has 0 radical (unpaired) electrons. The number of piperidine rings is 1. The van der Waals surface area contributed by atoms with Crippen LogP contribution in [0.3, 0.4) is 0 Å². The fraction of sp³-hybridized carbons (Fsp3) is 0.348. The van der Waals surface area contributed by atoms with Crippen LogP contribution in [-0.4, -0.2) is 26.9 Å². The van der Waals surface area contributed by atoms with Crippen LogP contribution in [0, 0.1) is 5.92 Å². The maximum absolute atomic E-state index is 13.5. The lowest BCUT2D eigenvalue weighted by Crippen LogP contribution is -2.45. The van der Waals surface area contributed by atoms with E-state index in [-0.39, 0.29) is 24.4 Å². The van der Waals surface area contributed by atoms with Gasteiger partial charge in [0.2, 0.25) is 5.91 Å². The molecular weight excluding hydrogens is 420 g/mol. The molecule has 1 amide bonds. The summed E-state index contributed by atoms with van der Waals surface area (Å²) in [6.45, 7) is 2.05. The van der Waals surface area contributed by atoms with Gasteiger partial charge in [-0.15, -0.1) is 11.3 Å². The van der Waals surface area contributed by atoms with E-state index >= 15 is 0 Å². The normalized spacial score (nSPS) is 20.5. The van der Waals surface area contributed by atoms with Gasteiger partial charge < -0.3 is 10.0 Å². The minimum Gasteiger partial charge on any atom is -0.481 e. The van der Waals surface area contributed by atoms with Gasteiger partial charge in [0.05, 0.1) is 28.7 Å². The van der Waals surface area contributed by atoms with Crippen LogP contribution in [0.15, 0.2) is 48.5 Å². The second-order valence-corrected chi connectivity index (χ2v) is 9.13. The van der Waals surface area contributed by atoms with Crippen LogP contribution >= 0.6 is 22.9 Å². The Balaban J connectivity index is 1.76. The zero-order valence-electron chi connectivity index (χ0n) is 16.6. The van der Waals surface area contributed by atoms with Crippen LogP contribution in [0.25, 0.3) is 10.2 Å². The Hall–Kier alpha value is -2.44. The van der Waals surface area contributed by atoms with Gasteiger partial charge in [0.1, 0.15) is 5.01 Å². The molecule has 7 heteroatoms. The minimum absolute atomic E-state index is 0.102. The molecule has 1 saturated heterocycles. The van der Waals surface area contributed by atoms with Crippen molar-refractivity contribution >= 4 is 45.0 Å². The highest BCUT2D eigenvalue weighted by Gasteiger charge is 2.41. The number of carbonyl (C=O) groups is 2. The van der Waals surface area contributed by atoms with Crippen LogP contribution in [0.2, 0.25) is 5.02 Å². The van der Waals surface area contributed by atoms with Crippen molar-refractivity contribution in [2.45, 2.75) is 44.7 Å². The van der Waals surface area contributed by atoms with E-state index in [1.165, 1.54) is 0 Å². The zero-order valence-corrected chi connectivity index (χ0v) is 18.2. The summed E-state index contributed by atoms with van der Waals surface area (Å²) < 4.78 is 1.08. The van der Waals surface area contributed by atoms with E-state index in [4.69, 9.17) is 16.6 Å². The number of halogens is 1. The molecule has 156 valence electrons. The molecule has 3 aromatic rings. The lowest BCUT2D eigenvalue weighted by Gasteiger charge is -2.43. The van der Waals surface area contributed by atoms with Crippen LogP contribution in [0.5, 0.6) is 0 Å². The summed E-state index contributed by atoms with van der Waals surface area (Å²) in [7, 11) is 0. The molecule has 5 nitrogen and oxygen atoms in total. The average molecular weight is 443 g/mol. The Morgan fingerprint density at radius 1 is 1.23 bits per heavy atom. The molecule has 4 rings (SSSR count). The smallest absolute Gasteiger partial charge is 0.304 e. The standard InChI is InChI=1S/C23H23ClN2O3S/c1-2-18(22-25-17-5-3-4-6-20(17)30-22)26-19(14-7-10-16(24)11-8-14)12-9-15(23(26)29)13-21(27)28/h3-8,10-11,15,18-19H,2,9,12-13H2,1H3,(H,27,28)/t15?,18?,19-/m0/s1. The molecule has 1 N–H and O–H groups in total. The van der Waals surface area contributed by atoms with Crippen LogP contribution in [0.1, 0.15) is 55.3 Å². The molecule has 2 aromatic carbocycles. The highest BCUT2D eigenvalue weighted by Crippen LogP contribution is 2.43. The number of benzene rings is 2. The number of aliphatic carboxylic acids is 1. The quantitative estimate of drug-likeness (QED) is 0.519. The summed E-state index contributed by atoms with van der Waals surface area (Å²) in [6, 6.07) is 15.2. The van der Waals surface area contributed by atoms with Crippen LogP contribution < -0.4 is 0 Å². The number of carboxylic acid groups (broad SMARTS) is 1. The molecule has 0 saturated carbocycles. The summed E-state index contributed by atoms with van der Waals surface area (Å²) in [5.74, 6) is -1.55. The summed E-state index contributed by atoms with van der Waals surface area (Å²) in [5, 5.41) is 10.8. The number of amides is 1. The third-order valence-electron chi connectivity index (χ3n) is 5.72. The van der Waals surface area contributed by atoms with Crippen molar-refractivity contribution in [2.24, 2.45) is 5.92 Å². The largest absolute Gasteiger partial charge is 0.481 e. The summed E-state index contributed by atoms with van der Waals surface area (Å²) in [4.78, 5) is 31.5. The zero-order chi connectivity index (χ0) is 21.3. The van der Waals surface area contributed by atoms with E-state index < -0.39 is 11.9 Å². The second-order valence-electron chi connectivity index (χ2n) is 7.63. The van der Waals surface area contributed by atoms with Gasteiger partial charge in [0.15, 0.2) is 0 Å². The Bertz CT molecular complexity index is 1030. The third-order valence-corrected chi connectivity index (χ3v) is 7.11. The second kappa shape index (κ2) is 8.74. The van der Waals surface area contributed by atoms with Gasteiger partial charge in [-0.25, -0.2) is 4.98 Å². The molecular formula is C23H23ClN2O3S. The topological polar surface area (TPSA) is 70.5 Å². The van der Waals surface area contributed by atoms with E-state index in [0.29, 0.717) is 24.3 Å². The number of fused-ring (bicyclic) bond motifs is 1. The molecule has 2 unspecified atom stereocenters. The molecule has 3 atom stereocenters. The number of hydrogen-bond donors (Lipinski definition) is 1. The fourth-order valence-corrected chi connectivity index (χ4v) is 5.57. The lowest BCUT2D eigenvalue weighted by molar-refractivity contribution is -0.151. The molecule has 1 aliphatic heterocycles. The first kappa shape index (κ1) is 20.8. The van der Waals surface area contributed by atoms with Gasteiger partial charge in [0.25, 0.3) is 0 Å². The van der Waals surface area contributed by atoms with Crippen molar-refractivity contribution in [3.05, 3.63) is 64.1 Å². The molecule has 1 fully saturated rings. The predicted molar refractivity (Wildman–Crippen MR) is 119 cm³/mol. The van der Waals surface area contributed by atoms with E-state index in [1.54, 1.807) is 11.3 Å². The lowest BCUT2D eigenvalue weighted by atomic mass is 9.85. The molecule has 1 aliphatic rings. The van der Waals surface area contributed by atoms with Crippen LogP contribution in [0.4, 0.5) is 0 Å². The van der Waals surface area contributed by atoms with Gasteiger partial charge in [-0.1, -0.05) is 42.8 Å². The van der Waals surface area contributed by atoms with Gasteiger partial charge in [-0.2, -0.15) is 0 Å². The third kappa shape index (κ3) is 4.07. The fourth-order valence-electron chi connectivity index (χ4n) is 4.29. The Labute approximate surface area is 184 Å². The number of aromatic nitrogens is 1. The van der Waals surface area contributed by atoms with Crippen molar-refractivity contribution in [1.29, 1.82) is 0 Å². The van der Waals surface area contributed by atoms with Crippen molar-refractivity contribution in [1.82, 2.24) is 9.88 Å². The first-order valence-corrected chi connectivity index (χ1v) is 11.3. The highest BCUT2D eigenvalue weighted by molar-refractivity contribution is 7.18. The molecule has 2 heterocycles. The summed E-state index contributed by atoms with van der Waals surface area (Å²) >= 11 is 7.67. The Morgan fingerprint density at radius 2 is 1.97 bits per heavy atom. The molecule has 0 aliphatic carbocycles. The number of para-hydroxylation sites is 1. The van der Waals surface area contributed by atoms with Gasteiger partial charge >= 0.3 is 5.97 Å². The van der Waals surface area contributed by atoms with Crippen molar-refractivity contribution in [3.8, 4) is 0 Å². The predicted octanol–water partition coefficient (Wildman–Crippen LogP) is 5.86. The maximum atomic E-state index is 13.5. The number of rotatable bonds is 6. The van der Waals surface area contributed by atoms with E-state index in [2.05, 4.69) is 0 Å². The highest BCUT2D eigenvalue weighted by atomic mass is 35.5. The number of likely N-dealkylation sites (tertiary alicyclic amines) is 1. The number of carboxylic acids is 1. The SMILES string of the molecule is CCC(c1nc2ccccc2s1)N1C(=O)C(CC(=O)O)CC[C@H]1c1ccc(Cl)cc1. The van der Waals surface area contributed by atoms with Gasteiger partial charge in [-0.05, 0) is 49.1 Å². The molecule has 30 heavy (non-hydrogen) atoms. The number of carbonyl (C=O) groups excluding carboxylic acids is 1. The van der Waals surface area contributed by atoms with Crippen molar-refractivity contribution < 1.29 is 14.7 Å². The maximum Gasteiger partial charge on any atom is 0.304 e. The number of thiazole rings is 1. The van der Waals surface area contributed by atoms with E-state index in [9.17, 15) is 14.7 Å². The average Bonchev–Trinajstić information content (AvgIpc) is 3.15. The molecule has 0 spiro atoms. The number of hydrogen-bond acceptors (Lipinski definition) is 4. The first-order chi connectivity index (χ1) is 14.5. The van der Waals surface area contributed by atoms with Gasteiger partial charge in [0, 0.05) is 10.9 Å². The van der Waals surface area contributed by atoms with Gasteiger partial charge in [-0.3, -0.25) is 9.59 Å². The Kier molecular flexibility index (Phi) is 6.06. The summed E-state index contributed by atoms with van der Waals surface area (Å²) in [5.41, 5.74) is 1.94. The molecule has 0 bridgehead atoms. The minimum atomic E-state index is -0.939. The Morgan fingerprint density at radius 3 is 2.63 bits per heavy atom. The van der Waals surface area contributed by atoms with E-state index in [0.717, 1.165) is 20.8 Å². The number of nitrogens with zero attached hydrogens (tertiary/aromatic N) is 2. The summed E-state index contributed by atoms with van der Waals surface area (Å²) in [6.07, 6.45) is 1.84. The first-order valence-electron chi connectivity index (χ1n) is 10.1. The van der Waals surface area contributed by atoms with Crippen molar-refractivity contribution in [2.75, 3.05) is 0 Å². The van der Waals surface area contributed by atoms with Crippen molar-refractivity contribution in [3.63, 3.8) is 0 Å². The van der Waals surface area contributed by atoms with Crippen LogP contribution in [-0.2, 0) is 9.59 Å². The molecule has 1 aromatic heterocycles.